The molecular weight excluding hydrogens is 344 g/mol. The van der Waals surface area contributed by atoms with Crippen LogP contribution in [0.3, 0.4) is 0 Å². The summed E-state index contributed by atoms with van der Waals surface area (Å²) in [6.07, 6.45) is 0. The van der Waals surface area contributed by atoms with Crippen LogP contribution in [0.15, 0.2) is 35.6 Å². The number of aliphatic hydroxyl groups excluding tert-OH is 1. The number of carbonyl (C=O) groups excluding carboxylic acids is 2. The molecule has 0 spiro atoms. The first-order chi connectivity index (χ1) is 12.9. The van der Waals surface area contributed by atoms with Crippen LogP contribution in [0.5, 0.6) is 0 Å². The number of rotatable bonds is 6. The van der Waals surface area contributed by atoms with Gasteiger partial charge in [0.1, 0.15) is 0 Å². The van der Waals surface area contributed by atoms with Gasteiger partial charge in [-0.2, -0.15) is 0 Å². The van der Waals surface area contributed by atoms with E-state index < -0.39 is 17.7 Å². The highest BCUT2D eigenvalue weighted by molar-refractivity contribution is 6.08. The minimum absolute atomic E-state index is 0.194. The normalized spacial score (nSPS) is 21.4. The first-order valence-electron chi connectivity index (χ1n) is 9.55. The Bertz CT molecular complexity index is 733. The maximum atomic E-state index is 12.7. The van der Waals surface area contributed by atoms with E-state index in [4.69, 9.17) is 4.74 Å². The second-order valence-corrected chi connectivity index (χ2v) is 7.49. The van der Waals surface area contributed by atoms with Crippen LogP contribution in [0.2, 0.25) is 0 Å². The number of Topliss-reactive ketones (excluding diaryl/α,β-unsaturated/α-hetero) is 1. The van der Waals surface area contributed by atoms with Crippen LogP contribution < -0.4 is 0 Å². The maximum absolute atomic E-state index is 12.7. The third-order valence-electron chi connectivity index (χ3n) is 5.36. The summed E-state index contributed by atoms with van der Waals surface area (Å²) in [5.41, 5.74) is 2.24. The molecule has 1 fully saturated rings. The summed E-state index contributed by atoms with van der Waals surface area (Å²) < 4.78 is 5.36. The molecule has 2 aliphatic rings. The molecule has 0 aromatic heterocycles. The maximum Gasteiger partial charge on any atom is 0.290 e. The van der Waals surface area contributed by atoms with Crippen LogP contribution in [-0.4, -0.2) is 66.0 Å². The minimum atomic E-state index is -0.530. The smallest absolute Gasteiger partial charge is 0.290 e. The molecule has 1 saturated heterocycles. The van der Waals surface area contributed by atoms with Gasteiger partial charge in [-0.1, -0.05) is 38.1 Å². The van der Waals surface area contributed by atoms with Crippen molar-refractivity contribution in [2.45, 2.75) is 32.7 Å². The molecule has 27 heavy (non-hydrogen) atoms. The Morgan fingerprint density at radius 2 is 1.81 bits per heavy atom. The molecule has 1 aromatic rings. The zero-order chi connectivity index (χ0) is 19.6. The Morgan fingerprint density at radius 1 is 1.19 bits per heavy atom. The molecular formula is C21H28N2O4. The largest absolute Gasteiger partial charge is 0.503 e. The van der Waals surface area contributed by atoms with E-state index in [1.165, 1.54) is 12.5 Å². The lowest BCUT2D eigenvalue weighted by Gasteiger charge is -2.31. The molecule has 3 rings (SSSR count). The fourth-order valence-corrected chi connectivity index (χ4v) is 3.73. The van der Waals surface area contributed by atoms with Crippen molar-refractivity contribution in [1.82, 2.24) is 9.80 Å². The van der Waals surface area contributed by atoms with E-state index in [9.17, 15) is 14.7 Å². The molecule has 2 heterocycles. The summed E-state index contributed by atoms with van der Waals surface area (Å²) in [5, 5.41) is 10.3. The summed E-state index contributed by atoms with van der Waals surface area (Å²) >= 11 is 0. The van der Waals surface area contributed by atoms with Crippen molar-refractivity contribution in [3.05, 3.63) is 46.7 Å². The van der Waals surface area contributed by atoms with Crippen molar-refractivity contribution >= 4 is 11.7 Å². The monoisotopic (exact) mass is 372 g/mol. The molecule has 0 bridgehead atoms. The molecule has 0 unspecified atom stereocenters. The third-order valence-corrected chi connectivity index (χ3v) is 5.36. The van der Waals surface area contributed by atoms with Crippen LogP contribution in [0.4, 0.5) is 0 Å². The quantitative estimate of drug-likeness (QED) is 0.830. The van der Waals surface area contributed by atoms with Crippen molar-refractivity contribution in [3.8, 4) is 0 Å². The first kappa shape index (κ1) is 19.6. The second kappa shape index (κ2) is 8.23. The van der Waals surface area contributed by atoms with E-state index in [-0.39, 0.29) is 11.4 Å². The molecule has 0 saturated carbocycles. The van der Waals surface area contributed by atoms with Gasteiger partial charge in [0.2, 0.25) is 0 Å². The van der Waals surface area contributed by atoms with Crippen LogP contribution in [-0.2, 0) is 14.3 Å². The number of amides is 1. The van der Waals surface area contributed by atoms with Crippen LogP contribution >= 0.6 is 0 Å². The minimum Gasteiger partial charge on any atom is -0.503 e. The lowest BCUT2D eigenvalue weighted by molar-refractivity contribution is -0.129. The summed E-state index contributed by atoms with van der Waals surface area (Å²) in [4.78, 5) is 28.7. The van der Waals surface area contributed by atoms with Crippen molar-refractivity contribution in [2.24, 2.45) is 0 Å². The van der Waals surface area contributed by atoms with E-state index in [1.54, 1.807) is 4.90 Å². The highest BCUT2D eigenvalue weighted by Gasteiger charge is 2.42. The summed E-state index contributed by atoms with van der Waals surface area (Å²) in [7, 11) is 0. The zero-order valence-corrected chi connectivity index (χ0v) is 16.3. The highest BCUT2D eigenvalue weighted by atomic mass is 16.5. The van der Waals surface area contributed by atoms with Crippen LogP contribution in [0.25, 0.3) is 0 Å². The number of morpholine rings is 1. The van der Waals surface area contributed by atoms with E-state index in [1.807, 2.05) is 24.3 Å². The Balaban J connectivity index is 1.86. The van der Waals surface area contributed by atoms with Gasteiger partial charge in [0.25, 0.3) is 5.91 Å². The predicted molar refractivity (Wildman–Crippen MR) is 103 cm³/mol. The van der Waals surface area contributed by atoms with Crippen molar-refractivity contribution in [3.63, 3.8) is 0 Å². The zero-order valence-electron chi connectivity index (χ0n) is 16.3. The topological polar surface area (TPSA) is 70.1 Å². The van der Waals surface area contributed by atoms with E-state index >= 15 is 0 Å². The summed E-state index contributed by atoms with van der Waals surface area (Å²) in [6.45, 7) is 9.82. The van der Waals surface area contributed by atoms with Gasteiger partial charge in [-0.05, 0) is 24.0 Å². The van der Waals surface area contributed by atoms with Crippen LogP contribution in [0, 0.1) is 0 Å². The Hall–Kier alpha value is -2.18. The molecule has 1 aromatic carbocycles. The van der Waals surface area contributed by atoms with Crippen molar-refractivity contribution in [2.75, 3.05) is 39.4 Å². The summed E-state index contributed by atoms with van der Waals surface area (Å²) in [5.74, 6) is -0.751. The van der Waals surface area contributed by atoms with Gasteiger partial charge in [0.15, 0.2) is 11.5 Å². The lowest BCUT2D eigenvalue weighted by Crippen LogP contribution is -2.43. The predicted octanol–water partition coefficient (Wildman–Crippen LogP) is 2.43. The van der Waals surface area contributed by atoms with Gasteiger partial charge in [0.05, 0.1) is 24.8 Å². The van der Waals surface area contributed by atoms with Gasteiger partial charge in [-0.25, -0.2) is 0 Å². The molecule has 0 aliphatic carbocycles. The van der Waals surface area contributed by atoms with E-state index in [0.717, 1.165) is 18.7 Å². The molecule has 1 amide bonds. The number of carbonyl (C=O) groups is 2. The van der Waals surface area contributed by atoms with Crippen molar-refractivity contribution in [1.29, 1.82) is 0 Å². The van der Waals surface area contributed by atoms with Crippen LogP contribution in [0.1, 0.15) is 43.9 Å². The standard InChI is InChI=1S/C21H28N2O4/c1-14(2)16-4-6-17(7-5-16)19-18(15(3)24)20(25)21(26)23(19)9-8-22-10-12-27-13-11-22/h4-7,14,19,25H,8-13H2,1-3H3/t19-/m0/s1. The van der Waals surface area contributed by atoms with E-state index in [0.29, 0.717) is 32.2 Å². The van der Waals surface area contributed by atoms with Gasteiger partial charge in [-0.15, -0.1) is 0 Å². The first-order valence-corrected chi connectivity index (χ1v) is 9.55. The molecule has 6 nitrogen and oxygen atoms in total. The van der Waals surface area contributed by atoms with Gasteiger partial charge >= 0.3 is 0 Å². The van der Waals surface area contributed by atoms with Gasteiger partial charge in [0, 0.05) is 26.2 Å². The average molecular weight is 372 g/mol. The van der Waals surface area contributed by atoms with Gasteiger partial charge in [-0.3, -0.25) is 14.5 Å². The number of benzene rings is 1. The number of ketones is 1. The number of aliphatic hydroxyl groups is 1. The van der Waals surface area contributed by atoms with Crippen molar-refractivity contribution < 1.29 is 19.4 Å². The SMILES string of the molecule is CC(=O)C1=C(O)C(=O)N(CCN2CCOCC2)[C@H]1c1ccc(C(C)C)cc1. The fraction of sp³-hybridized carbons (Fsp3) is 0.524. The molecule has 1 atom stereocenters. The highest BCUT2D eigenvalue weighted by Crippen LogP contribution is 2.37. The number of nitrogens with zero attached hydrogens (tertiary/aromatic N) is 2. The molecule has 146 valence electrons. The molecule has 6 heteroatoms. The Morgan fingerprint density at radius 3 is 2.37 bits per heavy atom. The summed E-state index contributed by atoms with van der Waals surface area (Å²) in [6, 6.07) is 7.43. The number of hydrogen-bond acceptors (Lipinski definition) is 5. The number of hydrogen-bond donors (Lipinski definition) is 1. The van der Waals surface area contributed by atoms with E-state index in [2.05, 4.69) is 18.7 Å². The fourth-order valence-electron chi connectivity index (χ4n) is 3.73. The lowest BCUT2D eigenvalue weighted by atomic mass is 9.94. The Labute approximate surface area is 160 Å². The third kappa shape index (κ3) is 4.06. The van der Waals surface area contributed by atoms with Gasteiger partial charge < -0.3 is 14.7 Å². The Kier molecular flexibility index (Phi) is 5.97. The second-order valence-electron chi connectivity index (χ2n) is 7.49. The molecule has 1 N–H and O–H groups in total. The molecule has 2 aliphatic heterocycles. The number of ether oxygens (including phenoxy) is 1. The average Bonchev–Trinajstić information content (AvgIpc) is 2.92. The molecule has 0 radical (unpaired) electrons.